The van der Waals surface area contributed by atoms with Crippen LogP contribution in [0.2, 0.25) is 0 Å². The third-order valence-corrected chi connectivity index (χ3v) is 8.71. The minimum absolute atomic E-state index is 0.0869. The molecule has 0 atom stereocenters. The zero-order valence-electron chi connectivity index (χ0n) is 27.9. The van der Waals surface area contributed by atoms with Gasteiger partial charge >= 0.3 is 17.9 Å². The van der Waals surface area contributed by atoms with E-state index in [2.05, 4.69) is 19.1 Å². The first-order valence-corrected chi connectivity index (χ1v) is 18.0. The van der Waals surface area contributed by atoms with Gasteiger partial charge < -0.3 is 19.8 Å². The summed E-state index contributed by atoms with van der Waals surface area (Å²) in [6, 6.07) is 0. The van der Waals surface area contributed by atoms with Crippen molar-refractivity contribution in [2.24, 2.45) is 0 Å². The number of carboxylic acid groups (broad SMARTS) is 3. The van der Waals surface area contributed by atoms with Crippen molar-refractivity contribution in [3.05, 3.63) is 12.2 Å². The van der Waals surface area contributed by atoms with Gasteiger partial charge in [-0.25, -0.2) is 0 Å². The Kier molecular flexibility index (Phi) is 28.8. The Hall–Kier alpha value is -1.89. The van der Waals surface area contributed by atoms with Crippen LogP contribution in [0.1, 0.15) is 174 Å². The van der Waals surface area contributed by atoms with Crippen LogP contribution in [0.5, 0.6) is 0 Å². The summed E-state index contributed by atoms with van der Waals surface area (Å²) in [5.74, 6) is -2.48. The Morgan fingerprint density at radius 1 is 0.419 bits per heavy atom. The summed E-state index contributed by atoms with van der Waals surface area (Å²) >= 11 is 0. The second-order valence-corrected chi connectivity index (χ2v) is 12.8. The number of hydrogen-bond acceptors (Lipinski definition) is 3. The van der Waals surface area contributed by atoms with Crippen molar-refractivity contribution in [2.45, 2.75) is 174 Å². The highest BCUT2D eigenvalue weighted by molar-refractivity contribution is 5.67. The number of unbranched alkanes of at least 4 members (excludes halogenated alkanes) is 18. The van der Waals surface area contributed by atoms with Crippen LogP contribution in [-0.2, 0) is 14.4 Å². The molecule has 7 heteroatoms. The quantitative estimate of drug-likeness (QED) is 0.0380. The molecule has 0 bridgehead atoms. The Morgan fingerprint density at radius 2 is 0.698 bits per heavy atom. The number of rotatable bonds is 34. The van der Waals surface area contributed by atoms with Crippen molar-refractivity contribution >= 4 is 17.9 Å². The fourth-order valence-electron chi connectivity index (χ4n) is 6.12. The highest BCUT2D eigenvalue weighted by Gasteiger charge is 2.27. The van der Waals surface area contributed by atoms with Crippen LogP contribution in [0.4, 0.5) is 0 Å². The van der Waals surface area contributed by atoms with Crippen molar-refractivity contribution in [1.29, 1.82) is 0 Å². The van der Waals surface area contributed by atoms with Crippen LogP contribution in [-0.4, -0.2) is 63.9 Å². The van der Waals surface area contributed by atoms with Crippen LogP contribution in [0.15, 0.2) is 12.2 Å². The van der Waals surface area contributed by atoms with Crippen molar-refractivity contribution in [2.75, 3.05) is 26.2 Å². The van der Waals surface area contributed by atoms with Gasteiger partial charge in [-0.1, -0.05) is 109 Å². The van der Waals surface area contributed by atoms with E-state index in [0.717, 1.165) is 38.6 Å². The molecule has 252 valence electrons. The molecule has 0 saturated heterocycles. The highest BCUT2D eigenvalue weighted by Crippen LogP contribution is 2.18. The lowest BCUT2D eigenvalue weighted by atomic mass is 10.0. The summed E-state index contributed by atoms with van der Waals surface area (Å²) in [4.78, 5) is 33.3. The van der Waals surface area contributed by atoms with Crippen LogP contribution in [0.25, 0.3) is 0 Å². The summed E-state index contributed by atoms with van der Waals surface area (Å²) < 4.78 is 0.632. The molecule has 0 aromatic rings. The van der Waals surface area contributed by atoms with Gasteiger partial charge in [-0.05, 0) is 38.5 Å². The minimum Gasteiger partial charge on any atom is -0.481 e. The number of carbonyl (C=O) groups is 3. The van der Waals surface area contributed by atoms with Gasteiger partial charge in [0.2, 0.25) is 0 Å². The predicted molar refractivity (Wildman–Crippen MR) is 177 cm³/mol. The molecule has 0 aromatic heterocycles. The van der Waals surface area contributed by atoms with Crippen LogP contribution >= 0.6 is 0 Å². The SMILES string of the molecule is CCCCCCCCCCCCCCCC/C=C/CCCCCC[N+](CCCC(=O)O)(CCCC(=O)O)CCCC(=O)O. The first-order valence-electron chi connectivity index (χ1n) is 18.0. The van der Waals surface area contributed by atoms with E-state index in [9.17, 15) is 14.4 Å². The lowest BCUT2D eigenvalue weighted by molar-refractivity contribution is -0.929. The highest BCUT2D eigenvalue weighted by atomic mass is 16.4. The number of carboxylic acids is 3. The molecule has 7 nitrogen and oxygen atoms in total. The third-order valence-electron chi connectivity index (χ3n) is 8.71. The molecule has 0 heterocycles. The van der Waals surface area contributed by atoms with E-state index in [0.29, 0.717) is 43.4 Å². The molecular weight excluding hydrogens is 542 g/mol. The summed E-state index contributed by atoms with van der Waals surface area (Å²) in [6.45, 7) is 5.11. The average Bonchev–Trinajstić information content (AvgIpc) is 2.95. The number of quaternary nitrogens is 1. The molecule has 43 heavy (non-hydrogen) atoms. The molecular formula is C36H68NO6+. The van der Waals surface area contributed by atoms with Crippen LogP contribution in [0.3, 0.4) is 0 Å². The Morgan fingerprint density at radius 3 is 1.02 bits per heavy atom. The molecule has 0 aliphatic carbocycles. The van der Waals surface area contributed by atoms with E-state index in [1.54, 1.807) is 0 Å². The van der Waals surface area contributed by atoms with E-state index in [4.69, 9.17) is 15.3 Å². The maximum atomic E-state index is 11.1. The number of nitrogens with zero attached hydrogens (tertiary/aromatic N) is 1. The van der Waals surface area contributed by atoms with Gasteiger partial charge in [-0.2, -0.15) is 0 Å². The summed E-state index contributed by atoms with van der Waals surface area (Å²) in [7, 11) is 0. The van der Waals surface area contributed by atoms with E-state index >= 15 is 0 Å². The topological polar surface area (TPSA) is 112 Å². The van der Waals surface area contributed by atoms with Crippen molar-refractivity contribution in [3.8, 4) is 0 Å². The van der Waals surface area contributed by atoms with E-state index in [1.807, 2.05) is 0 Å². The molecule has 0 aliphatic rings. The molecule has 0 unspecified atom stereocenters. The molecule has 0 aliphatic heterocycles. The molecule has 0 spiro atoms. The van der Waals surface area contributed by atoms with Gasteiger partial charge in [0.15, 0.2) is 0 Å². The van der Waals surface area contributed by atoms with E-state index < -0.39 is 17.9 Å². The lowest BCUT2D eigenvalue weighted by Gasteiger charge is -2.39. The molecule has 0 rings (SSSR count). The third kappa shape index (κ3) is 29.9. The smallest absolute Gasteiger partial charge is 0.303 e. The molecule has 0 amide bonds. The predicted octanol–water partition coefficient (Wildman–Crippen LogP) is 9.78. The summed E-state index contributed by atoms with van der Waals surface area (Å²) in [5, 5.41) is 27.3. The van der Waals surface area contributed by atoms with Gasteiger partial charge in [0.1, 0.15) is 0 Å². The standard InChI is InChI=1S/C36H67NO6/c1-2-3-4-5-6-7-8-9-10-11-12-13-14-15-16-17-18-19-20-21-22-23-30-37(31-24-27-34(38)39,32-25-28-35(40)41)33-26-29-36(42)43/h17-18H,2-16,19-33H2,1H3,(H2-,38,39,40,41,42,43)/p+1/b18-17+. The molecule has 0 fully saturated rings. The molecule has 0 saturated carbocycles. The minimum atomic E-state index is -0.827. The maximum Gasteiger partial charge on any atom is 0.303 e. The lowest BCUT2D eigenvalue weighted by Crippen LogP contribution is -2.51. The summed E-state index contributed by atoms with van der Waals surface area (Å²) in [5.41, 5.74) is 0. The molecule has 0 radical (unpaired) electrons. The normalized spacial score (nSPS) is 11.8. The van der Waals surface area contributed by atoms with Crippen LogP contribution < -0.4 is 0 Å². The number of aliphatic carboxylic acids is 3. The number of hydrogen-bond donors (Lipinski definition) is 3. The van der Waals surface area contributed by atoms with Gasteiger partial charge in [0, 0.05) is 19.3 Å². The number of allylic oxidation sites excluding steroid dienone is 2. The zero-order chi connectivity index (χ0) is 31.9. The second kappa shape index (κ2) is 30.1. The van der Waals surface area contributed by atoms with Gasteiger partial charge in [0.05, 0.1) is 45.4 Å². The largest absolute Gasteiger partial charge is 0.481 e. The fourth-order valence-corrected chi connectivity index (χ4v) is 6.12. The van der Waals surface area contributed by atoms with Gasteiger partial charge in [0.25, 0.3) is 0 Å². The fraction of sp³-hybridized carbons (Fsp3) is 0.861. The monoisotopic (exact) mass is 611 g/mol. The van der Waals surface area contributed by atoms with Gasteiger partial charge in [-0.15, -0.1) is 0 Å². The van der Waals surface area contributed by atoms with E-state index in [1.165, 1.54) is 96.3 Å². The zero-order valence-corrected chi connectivity index (χ0v) is 27.9. The van der Waals surface area contributed by atoms with Crippen molar-refractivity contribution < 1.29 is 34.2 Å². The Balaban J connectivity index is 4.04. The Bertz CT molecular complexity index is 658. The molecule has 0 aromatic carbocycles. The second-order valence-electron chi connectivity index (χ2n) is 12.8. The maximum absolute atomic E-state index is 11.1. The van der Waals surface area contributed by atoms with Crippen LogP contribution in [0, 0.1) is 0 Å². The molecule has 3 N–H and O–H groups in total. The Labute approximate surface area is 264 Å². The van der Waals surface area contributed by atoms with Crippen molar-refractivity contribution in [1.82, 2.24) is 0 Å². The van der Waals surface area contributed by atoms with Gasteiger partial charge in [-0.3, -0.25) is 14.4 Å². The summed E-state index contributed by atoms with van der Waals surface area (Å²) in [6.07, 6.45) is 32.7. The van der Waals surface area contributed by atoms with E-state index in [-0.39, 0.29) is 19.3 Å². The first kappa shape index (κ1) is 41.1. The van der Waals surface area contributed by atoms with Crippen molar-refractivity contribution in [3.63, 3.8) is 0 Å². The first-order chi connectivity index (χ1) is 20.8. The average molecular weight is 611 g/mol.